The molecule has 3 rings (SSSR count). The highest BCUT2D eigenvalue weighted by Crippen LogP contribution is 2.33. The molecule has 0 fully saturated rings. The van der Waals surface area contributed by atoms with E-state index in [9.17, 15) is 0 Å². The lowest BCUT2D eigenvalue weighted by molar-refractivity contribution is 0.169. The fraction of sp³-hybridized carbons (Fsp3) is 0.294. The molecule has 0 bridgehead atoms. The van der Waals surface area contributed by atoms with Crippen molar-refractivity contribution >= 4 is 15.9 Å². The van der Waals surface area contributed by atoms with Crippen LogP contribution < -0.4 is 14.8 Å². The lowest BCUT2D eigenvalue weighted by Crippen LogP contribution is -2.21. The van der Waals surface area contributed by atoms with E-state index in [4.69, 9.17) is 9.47 Å². The number of benzene rings is 2. The van der Waals surface area contributed by atoms with Gasteiger partial charge in [-0.15, -0.1) is 0 Å². The van der Waals surface area contributed by atoms with Gasteiger partial charge in [0.15, 0.2) is 11.5 Å². The highest BCUT2D eigenvalue weighted by atomic mass is 79.9. The quantitative estimate of drug-likeness (QED) is 0.904. The van der Waals surface area contributed by atoms with Gasteiger partial charge in [0.25, 0.3) is 0 Å². The lowest BCUT2D eigenvalue weighted by Gasteiger charge is -2.22. The molecule has 110 valence electrons. The van der Waals surface area contributed by atoms with E-state index in [-0.39, 0.29) is 6.04 Å². The van der Waals surface area contributed by atoms with Crippen LogP contribution in [-0.4, -0.2) is 13.2 Å². The Morgan fingerprint density at radius 1 is 1.10 bits per heavy atom. The van der Waals surface area contributed by atoms with Gasteiger partial charge >= 0.3 is 0 Å². The van der Waals surface area contributed by atoms with E-state index >= 15 is 0 Å². The van der Waals surface area contributed by atoms with Crippen LogP contribution in [0.1, 0.15) is 24.1 Å². The molecule has 21 heavy (non-hydrogen) atoms. The fourth-order valence-corrected chi connectivity index (χ4v) is 2.67. The minimum absolute atomic E-state index is 0.276. The first-order chi connectivity index (χ1) is 10.2. The summed E-state index contributed by atoms with van der Waals surface area (Å²) in [5, 5.41) is 3.53. The number of nitrogens with one attached hydrogen (secondary N) is 1. The third-order valence-electron chi connectivity index (χ3n) is 3.62. The topological polar surface area (TPSA) is 30.5 Å². The molecule has 0 saturated heterocycles. The van der Waals surface area contributed by atoms with E-state index in [1.54, 1.807) is 0 Å². The molecule has 0 amide bonds. The number of fused-ring (bicyclic) bond motifs is 1. The highest BCUT2D eigenvalue weighted by Gasteiger charge is 2.15. The van der Waals surface area contributed by atoms with Gasteiger partial charge in [-0.05, 0) is 30.7 Å². The molecule has 1 aliphatic rings. The first kappa shape index (κ1) is 14.4. The summed E-state index contributed by atoms with van der Waals surface area (Å²) in [5.74, 6) is 1.72. The molecule has 2 aromatic carbocycles. The summed E-state index contributed by atoms with van der Waals surface area (Å²) in [6.45, 7) is 4.16. The molecule has 0 radical (unpaired) electrons. The van der Waals surface area contributed by atoms with Gasteiger partial charge in [0.05, 0.1) is 0 Å². The molecule has 1 atom stereocenters. The molecule has 0 aliphatic carbocycles. The summed E-state index contributed by atoms with van der Waals surface area (Å²) in [4.78, 5) is 0. The minimum atomic E-state index is 0.276. The van der Waals surface area contributed by atoms with Crippen LogP contribution in [0.5, 0.6) is 11.5 Å². The van der Waals surface area contributed by atoms with Gasteiger partial charge in [0.1, 0.15) is 13.2 Å². The number of hydrogen-bond donors (Lipinski definition) is 1. The van der Waals surface area contributed by atoms with Gasteiger partial charge in [0, 0.05) is 22.6 Å². The van der Waals surface area contributed by atoms with Crippen molar-refractivity contribution in [2.24, 2.45) is 0 Å². The normalized spacial score (nSPS) is 14.8. The predicted molar refractivity (Wildman–Crippen MR) is 86.8 cm³/mol. The third kappa shape index (κ3) is 3.39. The molecular formula is C17H18BrNO2. The van der Waals surface area contributed by atoms with Gasteiger partial charge in [-0.3, -0.25) is 0 Å². The van der Waals surface area contributed by atoms with Crippen LogP contribution in [-0.2, 0) is 6.54 Å². The molecule has 4 heteroatoms. The Balaban J connectivity index is 1.69. The van der Waals surface area contributed by atoms with Gasteiger partial charge in [-0.2, -0.15) is 0 Å². The molecule has 0 aromatic heterocycles. The van der Waals surface area contributed by atoms with Crippen molar-refractivity contribution in [3.63, 3.8) is 0 Å². The molecule has 2 aromatic rings. The summed E-state index contributed by atoms with van der Waals surface area (Å²) in [6.07, 6.45) is 0. The van der Waals surface area contributed by atoms with Crippen molar-refractivity contribution < 1.29 is 9.47 Å². The van der Waals surface area contributed by atoms with Crippen LogP contribution in [0.2, 0.25) is 0 Å². The first-order valence-electron chi connectivity index (χ1n) is 7.10. The smallest absolute Gasteiger partial charge is 0.165 e. The summed E-state index contributed by atoms with van der Waals surface area (Å²) < 4.78 is 12.4. The average molecular weight is 348 g/mol. The van der Waals surface area contributed by atoms with Crippen LogP contribution in [0.15, 0.2) is 46.9 Å². The van der Waals surface area contributed by atoms with Crippen LogP contribution in [0, 0.1) is 0 Å². The monoisotopic (exact) mass is 347 g/mol. The second-order valence-corrected chi connectivity index (χ2v) is 6.01. The van der Waals surface area contributed by atoms with Crippen LogP contribution in [0.4, 0.5) is 0 Å². The highest BCUT2D eigenvalue weighted by molar-refractivity contribution is 9.10. The number of ether oxygens (including phenoxy) is 2. The number of hydrogen-bond acceptors (Lipinski definition) is 3. The largest absolute Gasteiger partial charge is 0.486 e. The van der Waals surface area contributed by atoms with E-state index in [0.717, 1.165) is 28.1 Å². The van der Waals surface area contributed by atoms with Gasteiger partial charge < -0.3 is 14.8 Å². The van der Waals surface area contributed by atoms with E-state index in [1.165, 1.54) is 5.56 Å². The molecular weight excluding hydrogens is 330 g/mol. The summed E-state index contributed by atoms with van der Waals surface area (Å²) >= 11 is 3.46. The second kappa shape index (κ2) is 6.50. The van der Waals surface area contributed by atoms with E-state index in [1.807, 2.05) is 12.1 Å². The summed E-state index contributed by atoms with van der Waals surface area (Å²) in [7, 11) is 0. The molecule has 1 aliphatic heterocycles. The zero-order valence-electron chi connectivity index (χ0n) is 11.9. The maximum atomic E-state index is 5.74. The van der Waals surface area contributed by atoms with Crippen molar-refractivity contribution in [2.75, 3.05) is 13.2 Å². The van der Waals surface area contributed by atoms with Gasteiger partial charge in [-0.1, -0.05) is 40.2 Å². The Morgan fingerprint density at radius 2 is 1.86 bits per heavy atom. The van der Waals surface area contributed by atoms with Crippen LogP contribution in [0.3, 0.4) is 0 Å². The number of rotatable bonds is 4. The van der Waals surface area contributed by atoms with Crippen molar-refractivity contribution in [2.45, 2.75) is 19.5 Å². The average Bonchev–Trinajstić information content (AvgIpc) is 2.53. The van der Waals surface area contributed by atoms with Gasteiger partial charge in [-0.25, -0.2) is 0 Å². The molecule has 0 saturated carbocycles. The Labute approximate surface area is 133 Å². The van der Waals surface area contributed by atoms with E-state index < -0.39 is 0 Å². The Hall–Kier alpha value is -1.52. The minimum Gasteiger partial charge on any atom is -0.486 e. The summed E-state index contributed by atoms with van der Waals surface area (Å²) in [5.41, 5.74) is 2.40. The molecule has 3 nitrogen and oxygen atoms in total. The standard InChI is InChI=1S/C17H18BrNO2/c1-12(13-5-7-15(18)8-6-13)19-11-14-3-2-4-16-17(14)21-10-9-20-16/h2-8,12,19H,9-11H2,1H3/t12-/m0/s1. The predicted octanol–water partition coefficient (Wildman–Crippen LogP) is 4.07. The zero-order chi connectivity index (χ0) is 14.7. The maximum absolute atomic E-state index is 5.74. The van der Waals surface area contributed by atoms with E-state index in [0.29, 0.717) is 13.2 Å². The summed E-state index contributed by atoms with van der Waals surface area (Å²) in [6, 6.07) is 14.7. The second-order valence-electron chi connectivity index (χ2n) is 5.10. The lowest BCUT2D eigenvalue weighted by atomic mass is 10.1. The Bertz CT molecular complexity index is 613. The molecule has 1 N–H and O–H groups in total. The van der Waals surface area contributed by atoms with Gasteiger partial charge in [0.2, 0.25) is 0 Å². The SMILES string of the molecule is C[C@H](NCc1cccc2c1OCCO2)c1ccc(Br)cc1. The Morgan fingerprint density at radius 3 is 2.67 bits per heavy atom. The van der Waals surface area contributed by atoms with Crippen molar-refractivity contribution in [1.82, 2.24) is 5.32 Å². The molecule has 1 heterocycles. The molecule has 0 spiro atoms. The fourth-order valence-electron chi connectivity index (χ4n) is 2.41. The van der Waals surface area contributed by atoms with Crippen LogP contribution in [0.25, 0.3) is 0 Å². The molecule has 0 unspecified atom stereocenters. The zero-order valence-corrected chi connectivity index (χ0v) is 13.5. The number of halogens is 1. The first-order valence-corrected chi connectivity index (χ1v) is 7.89. The van der Waals surface area contributed by atoms with Crippen molar-refractivity contribution in [3.05, 3.63) is 58.1 Å². The third-order valence-corrected chi connectivity index (χ3v) is 4.15. The van der Waals surface area contributed by atoms with Crippen LogP contribution >= 0.6 is 15.9 Å². The number of para-hydroxylation sites is 1. The van der Waals surface area contributed by atoms with Crippen molar-refractivity contribution in [3.8, 4) is 11.5 Å². The van der Waals surface area contributed by atoms with Crippen molar-refractivity contribution in [1.29, 1.82) is 0 Å². The Kier molecular flexibility index (Phi) is 4.46. The maximum Gasteiger partial charge on any atom is 0.165 e. The van der Waals surface area contributed by atoms with E-state index in [2.05, 4.69) is 58.5 Å².